The van der Waals surface area contributed by atoms with Gasteiger partial charge in [-0.3, -0.25) is 19.8 Å². The van der Waals surface area contributed by atoms with Crippen LogP contribution in [0.1, 0.15) is 43.0 Å². The fourth-order valence-electron chi connectivity index (χ4n) is 3.59. The number of hydrogen-bond acceptors (Lipinski definition) is 4. The van der Waals surface area contributed by atoms with Gasteiger partial charge in [0.05, 0.1) is 15.3 Å². The normalized spacial score (nSPS) is 22.6. The molecule has 3 N–H and O–H groups in total. The van der Waals surface area contributed by atoms with Gasteiger partial charge in [-0.2, -0.15) is 0 Å². The number of halogens is 1. The minimum absolute atomic E-state index is 0.0718. The first kappa shape index (κ1) is 15.0. The number of nitrogens with one attached hydrogen (secondary N) is 3. The number of aromatic amines is 2. The van der Waals surface area contributed by atoms with Crippen LogP contribution in [0.2, 0.25) is 0 Å². The molecule has 5 nitrogen and oxygen atoms in total. The average Bonchev–Trinajstić information content (AvgIpc) is 3.02. The summed E-state index contributed by atoms with van der Waals surface area (Å²) in [6.07, 6.45) is 1.30. The van der Waals surface area contributed by atoms with Crippen LogP contribution >= 0.6 is 27.3 Å². The van der Waals surface area contributed by atoms with Crippen LogP contribution in [0.5, 0.6) is 0 Å². The van der Waals surface area contributed by atoms with E-state index < -0.39 is 0 Å². The Balaban J connectivity index is 1.95. The molecule has 23 heavy (non-hydrogen) atoms. The molecule has 0 unspecified atom stereocenters. The molecule has 1 aliphatic heterocycles. The highest BCUT2D eigenvalue weighted by atomic mass is 79.9. The lowest BCUT2D eigenvalue weighted by Gasteiger charge is -2.37. The summed E-state index contributed by atoms with van der Waals surface area (Å²) >= 11 is 5.04. The Labute approximate surface area is 145 Å². The van der Waals surface area contributed by atoms with E-state index in [1.165, 1.54) is 0 Å². The Morgan fingerprint density at radius 1 is 1.22 bits per heavy atom. The molecule has 7 heteroatoms. The van der Waals surface area contributed by atoms with Crippen LogP contribution in [0.4, 0.5) is 5.82 Å². The summed E-state index contributed by atoms with van der Waals surface area (Å²) in [5.41, 5.74) is 2.04. The molecular weight excluding hydrogens is 378 g/mol. The molecule has 2 aromatic heterocycles. The molecule has 0 aromatic carbocycles. The largest absolute Gasteiger partial charge is 0.343 e. The number of allylic oxidation sites excluding steroid dienone is 2. The summed E-state index contributed by atoms with van der Waals surface area (Å²) in [6.45, 7) is 4.20. The van der Waals surface area contributed by atoms with Crippen molar-refractivity contribution in [2.45, 2.75) is 32.6 Å². The standard InChI is InChI=1S/C16H16BrN3O2S/c1-16(2)5-7-11(8(21)6-16)12(9-3-4-10(17)23-9)13-14(18-7)19-20-15(13)22/h3-4,12H,5-6H2,1-2H3,(H3,18,19,20,22)/t12-/m1/s1. The van der Waals surface area contributed by atoms with Gasteiger partial charge in [0.15, 0.2) is 5.78 Å². The van der Waals surface area contributed by atoms with E-state index in [0.29, 0.717) is 17.8 Å². The van der Waals surface area contributed by atoms with Gasteiger partial charge in [-0.15, -0.1) is 11.3 Å². The highest BCUT2D eigenvalue weighted by Crippen LogP contribution is 2.48. The van der Waals surface area contributed by atoms with Gasteiger partial charge in [-0.25, -0.2) is 0 Å². The minimum atomic E-state index is -0.295. The van der Waals surface area contributed by atoms with E-state index in [9.17, 15) is 9.59 Å². The number of fused-ring (bicyclic) bond motifs is 1. The van der Waals surface area contributed by atoms with Gasteiger partial charge in [0.1, 0.15) is 5.82 Å². The third-order valence-electron chi connectivity index (χ3n) is 4.47. The van der Waals surface area contributed by atoms with Gasteiger partial charge >= 0.3 is 0 Å². The molecule has 0 saturated heterocycles. The quantitative estimate of drug-likeness (QED) is 0.690. The molecule has 0 saturated carbocycles. The lowest BCUT2D eigenvalue weighted by molar-refractivity contribution is -0.118. The molecule has 1 aliphatic carbocycles. The van der Waals surface area contributed by atoms with Crippen molar-refractivity contribution in [2.24, 2.45) is 5.41 Å². The van der Waals surface area contributed by atoms with Crippen molar-refractivity contribution in [3.63, 3.8) is 0 Å². The molecule has 0 amide bonds. The van der Waals surface area contributed by atoms with Crippen LogP contribution in [-0.2, 0) is 4.79 Å². The van der Waals surface area contributed by atoms with Crippen LogP contribution in [-0.4, -0.2) is 16.0 Å². The first-order valence-corrected chi connectivity index (χ1v) is 9.06. The second-order valence-corrected chi connectivity index (χ2v) is 9.40. The van der Waals surface area contributed by atoms with E-state index in [2.05, 4.69) is 45.3 Å². The van der Waals surface area contributed by atoms with Gasteiger partial charge in [0.25, 0.3) is 5.56 Å². The van der Waals surface area contributed by atoms with E-state index in [1.807, 2.05) is 12.1 Å². The van der Waals surface area contributed by atoms with Gasteiger partial charge in [-0.1, -0.05) is 13.8 Å². The van der Waals surface area contributed by atoms with Crippen molar-refractivity contribution in [2.75, 3.05) is 5.32 Å². The molecule has 2 aliphatic rings. The van der Waals surface area contributed by atoms with Crippen LogP contribution in [0.3, 0.4) is 0 Å². The third kappa shape index (κ3) is 2.33. The Bertz CT molecular complexity index is 903. The minimum Gasteiger partial charge on any atom is -0.343 e. The Hall–Kier alpha value is -1.60. The lowest BCUT2D eigenvalue weighted by atomic mass is 9.70. The highest BCUT2D eigenvalue weighted by molar-refractivity contribution is 9.11. The Morgan fingerprint density at radius 2 is 2.00 bits per heavy atom. The second kappa shape index (κ2) is 4.95. The molecule has 0 radical (unpaired) electrons. The van der Waals surface area contributed by atoms with Crippen LogP contribution in [0.15, 0.2) is 32.0 Å². The topological polar surface area (TPSA) is 77.8 Å². The molecule has 0 spiro atoms. The van der Waals surface area contributed by atoms with Crippen molar-refractivity contribution in [3.05, 3.63) is 48.0 Å². The summed E-state index contributed by atoms with van der Waals surface area (Å²) in [7, 11) is 0. The molecule has 120 valence electrons. The van der Waals surface area contributed by atoms with E-state index in [1.54, 1.807) is 11.3 Å². The average molecular weight is 394 g/mol. The summed E-state index contributed by atoms with van der Waals surface area (Å²) < 4.78 is 0.991. The number of aromatic nitrogens is 2. The lowest BCUT2D eigenvalue weighted by Crippen LogP contribution is -2.34. The number of hydrogen-bond donors (Lipinski definition) is 3. The Morgan fingerprint density at radius 3 is 2.70 bits per heavy atom. The van der Waals surface area contributed by atoms with Crippen molar-refractivity contribution in [3.8, 4) is 0 Å². The fraction of sp³-hybridized carbons (Fsp3) is 0.375. The number of rotatable bonds is 1. The summed E-state index contributed by atoms with van der Waals surface area (Å²) in [5.74, 6) is 0.509. The zero-order chi connectivity index (χ0) is 16.4. The van der Waals surface area contributed by atoms with Gasteiger partial charge < -0.3 is 5.32 Å². The maximum Gasteiger partial charge on any atom is 0.270 e. The number of carbonyl (C=O) groups excluding carboxylic acids is 1. The monoisotopic (exact) mass is 393 g/mol. The summed E-state index contributed by atoms with van der Waals surface area (Å²) in [5, 5.41) is 8.83. The second-order valence-electron chi connectivity index (χ2n) is 6.90. The molecule has 1 atom stereocenters. The predicted octanol–water partition coefficient (Wildman–Crippen LogP) is 3.73. The zero-order valence-electron chi connectivity index (χ0n) is 12.7. The molecule has 3 heterocycles. The molecule has 0 fully saturated rings. The number of thiophene rings is 1. The molecular formula is C16H16BrN3O2S. The summed E-state index contributed by atoms with van der Waals surface area (Å²) in [6, 6.07) is 3.94. The van der Waals surface area contributed by atoms with E-state index >= 15 is 0 Å². The number of anilines is 1. The first-order chi connectivity index (χ1) is 10.9. The SMILES string of the molecule is CC1(C)CC(=O)C2=C(C1)Nc1[nH][nH]c(=O)c1[C@@H]2c1ccc(Br)s1. The number of H-pyrrole nitrogens is 2. The number of carbonyl (C=O) groups is 1. The van der Waals surface area contributed by atoms with Crippen molar-refractivity contribution in [1.82, 2.24) is 10.2 Å². The van der Waals surface area contributed by atoms with Crippen LogP contribution in [0.25, 0.3) is 0 Å². The first-order valence-electron chi connectivity index (χ1n) is 7.45. The molecule has 0 bridgehead atoms. The smallest absolute Gasteiger partial charge is 0.270 e. The van der Waals surface area contributed by atoms with Crippen LogP contribution < -0.4 is 10.9 Å². The van der Waals surface area contributed by atoms with Crippen molar-refractivity contribution >= 4 is 38.9 Å². The predicted molar refractivity (Wildman–Crippen MR) is 93.9 cm³/mol. The van der Waals surface area contributed by atoms with Crippen molar-refractivity contribution in [1.29, 1.82) is 0 Å². The van der Waals surface area contributed by atoms with E-state index in [-0.39, 0.29) is 22.7 Å². The Kier molecular flexibility index (Phi) is 3.22. The number of Topliss-reactive ketones (excluding diaryl/α,β-unsaturated/α-hetero) is 1. The zero-order valence-corrected chi connectivity index (χ0v) is 15.2. The van der Waals surface area contributed by atoms with Crippen molar-refractivity contribution < 1.29 is 4.79 Å². The van der Waals surface area contributed by atoms with E-state index in [0.717, 1.165) is 26.4 Å². The van der Waals surface area contributed by atoms with Gasteiger partial charge in [-0.05, 0) is 39.9 Å². The molecule has 2 aromatic rings. The van der Waals surface area contributed by atoms with Crippen LogP contribution in [0, 0.1) is 5.41 Å². The molecule has 4 rings (SSSR count). The number of ketones is 1. The maximum atomic E-state index is 12.9. The fourth-order valence-corrected chi connectivity index (χ4v) is 5.13. The van der Waals surface area contributed by atoms with Gasteiger partial charge in [0.2, 0.25) is 0 Å². The maximum absolute atomic E-state index is 12.9. The summed E-state index contributed by atoms with van der Waals surface area (Å²) in [4.78, 5) is 26.2. The third-order valence-corrected chi connectivity index (χ3v) is 6.16. The van der Waals surface area contributed by atoms with Gasteiger partial charge in [0, 0.05) is 22.6 Å². The van der Waals surface area contributed by atoms with E-state index in [4.69, 9.17) is 0 Å². The highest BCUT2D eigenvalue weighted by Gasteiger charge is 2.42.